The summed E-state index contributed by atoms with van der Waals surface area (Å²) in [7, 11) is 0. The Balaban J connectivity index is 1.74. The Morgan fingerprint density at radius 2 is 2.20 bits per heavy atom. The minimum atomic E-state index is 0.473. The summed E-state index contributed by atoms with van der Waals surface area (Å²) in [4.78, 5) is 13.8. The number of carbonyl (C=O) groups is 1. The monoisotopic (exact) mass is 210 g/mol. The molecule has 0 aromatic rings. The summed E-state index contributed by atoms with van der Waals surface area (Å²) in [5.41, 5.74) is 5.67. The van der Waals surface area contributed by atoms with Gasteiger partial charge in [0, 0.05) is 25.9 Å². The van der Waals surface area contributed by atoms with E-state index >= 15 is 0 Å². The molecule has 1 aliphatic carbocycles. The van der Waals surface area contributed by atoms with Crippen molar-refractivity contribution in [3.63, 3.8) is 0 Å². The van der Waals surface area contributed by atoms with E-state index in [0.29, 0.717) is 17.6 Å². The van der Waals surface area contributed by atoms with Crippen LogP contribution in [0.3, 0.4) is 0 Å². The number of hydrogen-bond donors (Lipinski definition) is 1. The summed E-state index contributed by atoms with van der Waals surface area (Å²) >= 11 is 0. The minimum Gasteiger partial charge on any atom is -0.330 e. The van der Waals surface area contributed by atoms with E-state index in [2.05, 4.69) is 4.90 Å². The van der Waals surface area contributed by atoms with Gasteiger partial charge >= 0.3 is 0 Å². The third kappa shape index (κ3) is 3.02. The van der Waals surface area contributed by atoms with Gasteiger partial charge in [0.2, 0.25) is 0 Å². The molecule has 0 aromatic carbocycles. The highest BCUT2D eigenvalue weighted by atomic mass is 16.1. The molecule has 0 aromatic heterocycles. The number of carbonyl (C=O) groups excluding carboxylic acids is 1. The predicted molar refractivity (Wildman–Crippen MR) is 60.6 cm³/mol. The maximum absolute atomic E-state index is 11.3. The lowest BCUT2D eigenvalue weighted by atomic mass is 9.88. The second-order valence-corrected chi connectivity index (χ2v) is 5.15. The topological polar surface area (TPSA) is 46.3 Å². The number of likely N-dealkylation sites (tertiary alicyclic amines) is 1. The summed E-state index contributed by atoms with van der Waals surface area (Å²) in [6.45, 7) is 4.29. The van der Waals surface area contributed by atoms with Gasteiger partial charge in [-0.2, -0.15) is 0 Å². The smallest absolute Gasteiger partial charge is 0.133 e. The summed E-state index contributed by atoms with van der Waals surface area (Å²) in [5.74, 6) is 1.80. The van der Waals surface area contributed by atoms with Crippen molar-refractivity contribution in [2.45, 2.75) is 32.1 Å². The molecule has 0 bridgehead atoms. The first kappa shape index (κ1) is 11.1. The van der Waals surface area contributed by atoms with E-state index in [0.717, 1.165) is 38.9 Å². The molecule has 15 heavy (non-hydrogen) atoms. The van der Waals surface area contributed by atoms with E-state index in [1.807, 2.05) is 0 Å². The van der Waals surface area contributed by atoms with Gasteiger partial charge in [-0.15, -0.1) is 0 Å². The van der Waals surface area contributed by atoms with Crippen molar-refractivity contribution in [3.8, 4) is 0 Å². The van der Waals surface area contributed by atoms with E-state index in [4.69, 9.17) is 5.73 Å². The van der Waals surface area contributed by atoms with Crippen LogP contribution in [0, 0.1) is 11.8 Å². The number of Topliss-reactive ketones (excluding diaryl/α,β-unsaturated/α-hetero) is 1. The van der Waals surface area contributed by atoms with Crippen LogP contribution in [-0.2, 0) is 4.79 Å². The molecular formula is C12H22N2O. The normalized spacial score (nSPS) is 33.5. The van der Waals surface area contributed by atoms with Gasteiger partial charge in [0.05, 0.1) is 0 Å². The van der Waals surface area contributed by atoms with E-state index in [-0.39, 0.29) is 0 Å². The number of nitrogens with zero attached hydrogens (tertiary/aromatic N) is 1. The zero-order valence-corrected chi connectivity index (χ0v) is 9.45. The fourth-order valence-corrected chi connectivity index (χ4v) is 2.91. The Labute approximate surface area is 92.0 Å². The molecule has 1 saturated heterocycles. The van der Waals surface area contributed by atoms with Crippen LogP contribution in [-0.4, -0.2) is 36.9 Å². The molecule has 86 valence electrons. The first-order valence-electron chi connectivity index (χ1n) is 6.22. The second-order valence-electron chi connectivity index (χ2n) is 5.15. The van der Waals surface area contributed by atoms with Gasteiger partial charge in [0.25, 0.3) is 0 Å². The molecule has 2 atom stereocenters. The largest absolute Gasteiger partial charge is 0.330 e. The van der Waals surface area contributed by atoms with Crippen molar-refractivity contribution in [1.82, 2.24) is 4.90 Å². The second kappa shape index (κ2) is 5.08. The van der Waals surface area contributed by atoms with Crippen molar-refractivity contribution in [1.29, 1.82) is 0 Å². The van der Waals surface area contributed by atoms with Crippen LogP contribution >= 0.6 is 0 Å². The molecule has 2 aliphatic rings. The van der Waals surface area contributed by atoms with Crippen LogP contribution in [0.4, 0.5) is 0 Å². The highest BCUT2D eigenvalue weighted by molar-refractivity contribution is 5.79. The van der Waals surface area contributed by atoms with Gasteiger partial charge in [-0.25, -0.2) is 0 Å². The van der Waals surface area contributed by atoms with Gasteiger partial charge in [0.1, 0.15) is 5.78 Å². The van der Waals surface area contributed by atoms with E-state index in [1.165, 1.54) is 19.4 Å². The first-order chi connectivity index (χ1) is 7.28. The lowest BCUT2D eigenvalue weighted by Crippen LogP contribution is -2.31. The Morgan fingerprint density at radius 1 is 1.33 bits per heavy atom. The minimum absolute atomic E-state index is 0.473. The highest BCUT2D eigenvalue weighted by Crippen LogP contribution is 2.24. The van der Waals surface area contributed by atoms with E-state index < -0.39 is 0 Å². The fourth-order valence-electron chi connectivity index (χ4n) is 2.91. The van der Waals surface area contributed by atoms with Crippen molar-refractivity contribution < 1.29 is 4.79 Å². The van der Waals surface area contributed by atoms with Crippen LogP contribution < -0.4 is 5.73 Å². The van der Waals surface area contributed by atoms with Gasteiger partial charge in [-0.05, 0) is 44.2 Å². The van der Waals surface area contributed by atoms with Crippen LogP contribution in [0.2, 0.25) is 0 Å². The molecule has 0 radical (unpaired) electrons. The number of ketones is 1. The van der Waals surface area contributed by atoms with Crippen LogP contribution in [0.25, 0.3) is 0 Å². The first-order valence-corrected chi connectivity index (χ1v) is 6.22. The molecule has 3 heteroatoms. The molecule has 0 amide bonds. The molecule has 1 heterocycles. The van der Waals surface area contributed by atoms with Gasteiger partial charge in [-0.1, -0.05) is 0 Å². The third-order valence-electron chi connectivity index (χ3n) is 3.80. The fraction of sp³-hybridized carbons (Fsp3) is 0.917. The average Bonchev–Trinajstić information content (AvgIpc) is 2.65. The Bertz CT molecular complexity index is 230. The Kier molecular flexibility index (Phi) is 3.76. The molecule has 2 rings (SSSR count). The highest BCUT2D eigenvalue weighted by Gasteiger charge is 2.26. The number of rotatable bonds is 3. The Morgan fingerprint density at radius 3 is 2.87 bits per heavy atom. The van der Waals surface area contributed by atoms with Gasteiger partial charge in [0.15, 0.2) is 0 Å². The average molecular weight is 210 g/mol. The molecule has 0 spiro atoms. The number of nitrogens with two attached hydrogens (primary N) is 1. The molecule has 3 nitrogen and oxygen atoms in total. The molecule has 1 aliphatic heterocycles. The summed E-state index contributed by atoms with van der Waals surface area (Å²) in [6, 6.07) is 0. The maximum Gasteiger partial charge on any atom is 0.133 e. The van der Waals surface area contributed by atoms with Crippen molar-refractivity contribution in [3.05, 3.63) is 0 Å². The molecule has 2 unspecified atom stereocenters. The zero-order valence-electron chi connectivity index (χ0n) is 9.45. The lowest BCUT2D eigenvalue weighted by Gasteiger charge is -2.26. The summed E-state index contributed by atoms with van der Waals surface area (Å²) < 4.78 is 0. The van der Waals surface area contributed by atoms with Crippen molar-refractivity contribution in [2.24, 2.45) is 17.6 Å². The van der Waals surface area contributed by atoms with Gasteiger partial charge in [-0.3, -0.25) is 4.79 Å². The lowest BCUT2D eigenvalue weighted by molar-refractivity contribution is -0.121. The van der Waals surface area contributed by atoms with Crippen molar-refractivity contribution >= 4 is 5.78 Å². The van der Waals surface area contributed by atoms with Crippen LogP contribution in [0.1, 0.15) is 32.1 Å². The van der Waals surface area contributed by atoms with E-state index in [9.17, 15) is 4.79 Å². The van der Waals surface area contributed by atoms with Crippen LogP contribution in [0.5, 0.6) is 0 Å². The zero-order chi connectivity index (χ0) is 10.7. The molecular weight excluding hydrogens is 188 g/mol. The third-order valence-corrected chi connectivity index (χ3v) is 3.80. The predicted octanol–water partition coefficient (Wildman–Crippen LogP) is 1.03. The maximum atomic E-state index is 11.3. The molecule has 1 saturated carbocycles. The number of hydrogen-bond acceptors (Lipinski definition) is 3. The quantitative estimate of drug-likeness (QED) is 0.756. The van der Waals surface area contributed by atoms with E-state index in [1.54, 1.807) is 0 Å². The van der Waals surface area contributed by atoms with Gasteiger partial charge < -0.3 is 10.6 Å². The summed E-state index contributed by atoms with van der Waals surface area (Å²) in [5, 5.41) is 0. The van der Waals surface area contributed by atoms with Crippen molar-refractivity contribution in [2.75, 3.05) is 26.2 Å². The molecule has 2 N–H and O–H groups in total. The van der Waals surface area contributed by atoms with Crippen LogP contribution in [0.15, 0.2) is 0 Å². The Hall–Kier alpha value is -0.410. The molecule has 2 fully saturated rings. The standard InChI is InChI=1S/C12H22N2O/c13-7-11-4-5-14(9-11)8-10-2-1-3-12(15)6-10/h10-11H,1-9,13H2. The summed E-state index contributed by atoms with van der Waals surface area (Å²) in [6.07, 6.45) is 5.25. The SMILES string of the molecule is NCC1CCN(CC2CCCC(=O)C2)C1.